The van der Waals surface area contributed by atoms with Crippen molar-refractivity contribution in [3.63, 3.8) is 0 Å². The van der Waals surface area contributed by atoms with Crippen LogP contribution in [0.5, 0.6) is 0 Å². The van der Waals surface area contributed by atoms with Crippen LogP contribution in [-0.4, -0.2) is 39.6 Å². The van der Waals surface area contributed by atoms with Gasteiger partial charge < -0.3 is 9.80 Å². The van der Waals surface area contributed by atoms with E-state index in [0.29, 0.717) is 10.0 Å². The third-order valence-electron chi connectivity index (χ3n) is 5.35. The third-order valence-corrected chi connectivity index (χ3v) is 6.09. The van der Waals surface area contributed by atoms with Crippen molar-refractivity contribution in [3.8, 4) is 11.1 Å². The normalized spacial score (nSPS) is 14.8. The Kier molecular flexibility index (Phi) is 4.66. The Labute approximate surface area is 179 Å². The van der Waals surface area contributed by atoms with Gasteiger partial charge in [0, 0.05) is 37.2 Å². The lowest BCUT2D eigenvalue weighted by molar-refractivity contribution is 0.343. The van der Waals surface area contributed by atoms with Crippen LogP contribution >= 0.6 is 23.2 Å². The van der Waals surface area contributed by atoms with Gasteiger partial charge in [-0.15, -0.1) is 10.2 Å². The van der Waals surface area contributed by atoms with Crippen LogP contribution < -0.4 is 4.90 Å². The molecule has 0 bridgehead atoms. The van der Waals surface area contributed by atoms with Gasteiger partial charge in [0.25, 0.3) is 0 Å². The van der Waals surface area contributed by atoms with E-state index >= 15 is 0 Å². The molecular formula is C22H19Cl2N5. The smallest absolute Gasteiger partial charge is 0.160 e. The van der Waals surface area contributed by atoms with E-state index in [0.717, 1.165) is 36.5 Å². The standard InChI is InChI=1S/C22H19Cl2N5/c1-27-8-9-29(18-4-5-19(23)20(24)11-18)21-6-2-15(10-17(21)12-27)16-3-7-22-26-25-14-28(22)13-16/h2-7,10-11,13-14H,8-9,12H2,1H3. The molecule has 5 rings (SSSR count). The zero-order valence-electron chi connectivity index (χ0n) is 15.9. The summed E-state index contributed by atoms with van der Waals surface area (Å²) in [7, 11) is 2.15. The van der Waals surface area contributed by atoms with Gasteiger partial charge in [0.05, 0.1) is 10.0 Å². The van der Waals surface area contributed by atoms with Gasteiger partial charge in [-0.2, -0.15) is 0 Å². The summed E-state index contributed by atoms with van der Waals surface area (Å²) < 4.78 is 1.94. The highest BCUT2D eigenvalue weighted by Gasteiger charge is 2.20. The topological polar surface area (TPSA) is 36.7 Å². The van der Waals surface area contributed by atoms with Gasteiger partial charge in [-0.1, -0.05) is 29.3 Å². The van der Waals surface area contributed by atoms with E-state index in [2.05, 4.69) is 57.5 Å². The summed E-state index contributed by atoms with van der Waals surface area (Å²) in [6.07, 6.45) is 3.79. The number of fused-ring (bicyclic) bond motifs is 2. The lowest BCUT2D eigenvalue weighted by atomic mass is 10.0. The molecule has 146 valence electrons. The highest BCUT2D eigenvalue weighted by Crippen LogP contribution is 2.36. The number of benzene rings is 2. The molecule has 0 atom stereocenters. The molecule has 0 radical (unpaired) electrons. The molecule has 3 heterocycles. The van der Waals surface area contributed by atoms with Crippen molar-refractivity contribution < 1.29 is 0 Å². The molecule has 1 aliphatic rings. The van der Waals surface area contributed by atoms with Crippen LogP contribution in [0.1, 0.15) is 5.56 Å². The molecule has 2 aromatic heterocycles. The molecule has 0 spiro atoms. The first-order valence-corrected chi connectivity index (χ1v) is 10.2. The minimum Gasteiger partial charge on any atom is -0.340 e. The van der Waals surface area contributed by atoms with Crippen molar-refractivity contribution in [2.45, 2.75) is 6.54 Å². The maximum Gasteiger partial charge on any atom is 0.160 e. The van der Waals surface area contributed by atoms with E-state index in [1.165, 1.54) is 16.8 Å². The number of hydrogen-bond donors (Lipinski definition) is 0. The maximum atomic E-state index is 6.29. The fourth-order valence-corrected chi connectivity index (χ4v) is 4.13. The van der Waals surface area contributed by atoms with Crippen molar-refractivity contribution in [3.05, 3.63) is 76.7 Å². The summed E-state index contributed by atoms with van der Waals surface area (Å²) in [5, 5.41) is 9.19. The predicted octanol–water partition coefficient (Wildman–Crippen LogP) is 5.29. The molecule has 0 fully saturated rings. The van der Waals surface area contributed by atoms with Gasteiger partial charge in [-0.05, 0) is 66.2 Å². The zero-order chi connectivity index (χ0) is 20.0. The van der Waals surface area contributed by atoms with E-state index < -0.39 is 0 Å². The number of pyridine rings is 1. The average Bonchev–Trinajstić information content (AvgIpc) is 3.12. The highest BCUT2D eigenvalue weighted by atomic mass is 35.5. The predicted molar refractivity (Wildman–Crippen MR) is 118 cm³/mol. The van der Waals surface area contributed by atoms with E-state index in [-0.39, 0.29) is 0 Å². The van der Waals surface area contributed by atoms with E-state index in [9.17, 15) is 0 Å². The lowest BCUT2D eigenvalue weighted by Crippen LogP contribution is -2.26. The molecule has 4 aromatic rings. The number of likely N-dealkylation sites (N-methyl/N-ethyl adjacent to an activating group) is 1. The summed E-state index contributed by atoms with van der Waals surface area (Å²) in [4.78, 5) is 4.65. The summed E-state index contributed by atoms with van der Waals surface area (Å²) in [5.74, 6) is 0. The van der Waals surface area contributed by atoms with E-state index in [1.54, 1.807) is 6.33 Å². The fourth-order valence-electron chi connectivity index (χ4n) is 3.84. The van der Waals surface area contributed by atoms with Gasteiger partial charge in [0.1, 0.15) is 6.33 Å². The van der Waals surface area contributed by atoms with Crippen LogP contribution in [0.25, 0.3) is 16.8 Å². The summed E-state index contributed by atoms with van der Waals surface area (Å²) in [5.41, 5.74) is 6.67. The Morgan fingerprint density at radius 2 is 1.76 bits per heavy atom. The quantitative estimate of drug-likeness (QED) is 0.438. The monoisotopic (exact) mass is 423 g/mol. The minimum atomic E-state index is 0.571. The second-order valence-corrected chi connectivity index (χ2v) is 8.16. The Hall–Kier alpha value is -2.60. The fraction of sp³-hybridized carbons (Fsp3) is 0.182. The Bertz CT molecular complexity index is 1200. The molecule has 0 amide bonds. The second-order valence-electron chi connectivity index (χ2n) is 7.35. The molecule has 1 aliphatic heterocycles. The number of aromatic nitrogens is 3. The van der Waals surface area contributed by atoms with Crippen molar-refractivity contribution >= 4 is 40.2 Å². The van der Waals surface area contributed by atoms with Gasteiger partial charge in [0.15, 0.2) is 5.65 Å². The number of hydrogen-bond acceptors (Lipinski definition) is 4. The Balaban J connectivity index is 1.59. The largest absolute Gasteiger partial charge is 0.340 e. The molecule has 29 heavy (non-hydrogen) atoms. The summed E-state index contributed by atoms with van der Waals surface area (Å²) in [6.45, 7) is 2.72. The first-order chi connectivity index (χ1) is 14.1. The number of halogens is 2. The molecule has 0 saturated heterocycles. The summed E-state index contributed by atoms with van der Waals surface area (Å²) in [6, 6.07) is 16.5. The molecule has 0 saturated carbocycles. The van der Waals surface area contributed by atoms with Crippen LogP contribution in [-0.2, 0) is 6.54 Å². The van der Waals surface area contributed by atoms with Crippen molar-refractivity contribution in [2.75, 3.05) is 25.0 Å². The maximum absolute atomic E-state index is 6.29. The number of nitrogens with zero attached hydrogens (tertiary/aromatic N) is 5. The van der Waals surface area contributed by atoms with Crippen LogP contribution in [0.4, 0.5) is 11.4 Å². The number of anilines is 2. The van der Waals surface area contributed by atoms with Gasteiger partial charge in [-0.3, -0.25) is 4.40 Å². The minimum absolute atomic E-state index is 0.571. The van der Waals surface area contributed by atoms with Crippen LogP contribution in [0.15, 0.2) is 61.1 Å². The van der Waals surface area contributed by atoms with Crippen LogP contribution in [0, 0.1) is 0 Å². The average molecular weight is 424 g/mol. The molecular weight excluding hydrogens is 405 g/mol. The number of rotatable bonds is 2. The molecule has 0 N–H and O–H groups in total. The van der Waals surface area contributed by atoms with Crippen LogP contribution in [0.3, 0.4) is 0 Å². The van der Waals surface area contributed by atoms with Crippen molar-refractivity contribution in [2.24, 2.45) is 0 Å². The summed E-state index contributed by atoms with van der Waals surface area (Å²) >= 11 is 12.4. The first-order valence-electron chi connectivity index (χ1n) is 9.42. The van der Waals surface area contributed by atoms with E-state index in [4.69, 9.17) is 23.2 Å². The van der Waals surface area contributed by atoms with Gasteiger partial charge in [0.2, 0.25) is 0 Å². The molecule has 7 heteroatoms. The van der Waals surface area contributed by atoms with Crippen molar-refractivity contribution in [1.82, 2.24) is 19.5 Å². The third kappa shape index (κ3) is 3.46. The van der Waals surface area contributed by atoms with Crippen LogP contribution in [0.2, 0.25) is 10.0 Å². The second kappa shape index (κ2) is 7.34. The molecule has 0 unspecified atom stereocenters. The first kappa shape index (κ1) is 18.4. The molecule has 5 nitrogen and oxygen atoms in total. The highest BCUT2D eigenvalue weighted by molar-refractivity contribution is 6.42. The van der Waals surface area contributed by atoms with Gasteiger partial charge >= 0.3 is 0 Å². The zero-order valence-corrected chi connectivity index (χ0v) is 17.4. The van der Waals surface area contributed by atoms with Gasteiger partial charge in [-0.25, -0.2) is 0 Å². The van der Waals surface area contributed by atoms with E-state index in [1.807, 2.05) is 28.7 Å². The molecule has 0 aliphatic carbocycles. The molecule has 2 aromatic carbocycles. The Morgan fingerprint density at radius 3 is 2.62 bits per heavy atom. The lowest BCUT2D eigenvalue weighted by Gasteiger charge is -2.25. The SMILES string of the molecule is CN1CCN(c2ccc(Cl)c(Cl)c2)c2ccc(-c3ccc4nncn4c3)cc2C1. The Morgan fingerprint density at radius 1 is 0.897 bits per heavy atom. The van der Waals surface area contributed by atoms with Crippen molar-refractivity contribution in [1.29, 1.82) is 0 Å².